The predicted molar refractivity (Wildman–Crippen MR) is 101 cm³/mol. The van der Waals surface area contributed by atoms with Gasteiger partial charge < -0.3 is 25.2 Å². The van der Waals surface area contributed by atoms with E-state index in [1.54, 1.807) is 6.92 Å². The monoisotopic (exact) mass is 430 g/mol. The molecule has 11 heteroatoms. The molecule has 0 radical (unpaired) electrons. The molecule has 166 valence electrons. The highest BCUT2D eigenvalue weighted by Gasteiger charge is 2.26. The predicted octanol–water partition coefficient (Wildman–Crippen LogP) is 1.72. The third-order valence-electron chi connectivity index (χ3n) is 4.17. The van der Waals surface area contributed by atoms with Crippen LogP contribution in [0.4, 0.5) is 14.5 Å². The van der Waals surface area contributed by atoms with Crippen molar-refractivity contribution < 1.29 is 42.9 Å². The maximum atomic E-state index is 13.1. The summed E-state index contributed by atoms with van der Waals surface area (Å²) in [5.74, 6) is -6.21. The molecule has 2 rings (SSSR count). The zero-order chi connectivity index (χ0) is 22.7. The topological polar surface area (TPSA) is 133 Å². The summed E-state index contributed by atoms with van der Waals surface area (Å²) in [5, 5.41) is 17.3. The molecule has 0 spiro atoms. The number of piperidine rings is 1. The minimum atomic E-state index is -1.82. The van der Waals surface area contributed by atoms with E-state index in [-0.39, 0.29) is 29.9 Å². The lowest BCUT2D eigenvalue weighted by atomic mass is 9.98. The summed E-state index contributed by atoms with van der Waals surface area (Å²) in [4.78, 5) is 44.0. The SMILES string of the molecule is CCOC(=O)C1CCCN(CCC(=O)Nc2ccc(F)c(F)c2)C1.O=C(O)C(=O)O. The van der Waals surface area contributed by atoms with Gasteiger partial charge in [-0.05, 0) is 38.4 Å². The Morgan fingerprint density at radius 1 is 1.17 bits per heavy atom. The maximum Gasteiger partial charge on any atom is 0.414 e. The smallest absolute Gasteiger partial charge is 0.414 e. The van der Waals surface area contributed by atoms with E-state index in [9.17, 15) is 18.4 Å². The summed E-state index contributed by atoms with van der Waals surface area (Å²) in [7, 11) is 0. The van der Waals surface area contributed by atoms with Crippen LogP contribution in [-0.2, 0) is 23.9 Å². The Kier molecular flexibility index (Phi) is 10.4. The molecule has 1 heterocycles. The van der Waals surface area contributed by atoms with Crippen LogP contribution >= 0.6 is 0 Å². The number of esters is 1. The number of nitrogens with zero attached hydrogens (tertiary/aromatic N) is 1. The number of anilines is 1. The summed E-state index contributed by atoms with van der Waals surface area (Å²) >= 11 is 0. The number of rotatable bonds is 6. The van der Waals surface area contributed by atoms with Gasteiger partial charge in [0.25, 0.3) is 0 Å². The fourth-order valence-corrected chi connectivity index (χ4v) is 2.77. The van der Waals surface area contributed by atoms with Gasteiger partial charge >= 0.3 is 17.9 Å². The third-order valence-corrected chi connectivity index (χ3v) is 4.17. The number of amides is 1. The van der Waals surface area contributed by atoms with E-state index in [2.05, 4.69) is 10.2 Å². The number of hydrogen-bond donors (Lipinski definition) is 3. The van der Waals surface area contributed by atoms with Crippen LogP contribution < -0.4 is 5.32 Å². The third kappa shape index (κ3) is 8.95. The minimum absolute atomic E-state index is 0.145. The van der Waals surface area contributed by atoms with Gasteiger partial charge in [0.2, 0.25) is 5.91 Å². The molecular weight excluding hydrogens is 406 g/mol. The Morgan fingerprint density at radius 3 is 2.40 bits per heavy atom. The number of ether oxygens (including phenoxy) is 1. The molecule has 0 bridgehead atoms. The van der Waals surface area contributed by atoms with Crippen LogP contribution in [0.2, 0.25) is 0 Å². The first-order valence-corrected chi connectivity index (χ1v) is 9.24. The van der Waals surface area contributed by atoms with Crippen LogP contribution in [0.1, 0.15) is 26.2 Å². The first-order chi connectivity index (χ1) is 14.1. The van der Waals surface area contributed by atoms with Crippen LogP contribution in [0.15, 0.2) is 18.2 Å². The van der Waals surface area contributed by atoms with Gasteiger partial charge in [0, 0.05) is 31.3 Å². The van der Waals surface area contributed by atoms with Crippen molar-refractivity contribution in [2.24, 2.45) is 5.92 Å². The molecule has 0 aliphatic carbocycles. The van der Waals surface area contributed by atoms with Gasteiger partial charge in [-0.2, -0.15) is 0 Å². The number of nitrogens with one attached hydrogen (secondary N) is 1. The van der Waals surface area contributed by atoms with Crippen LogP contribution in [0.5, 0.6) is 0 Å². The minimum Gasteiger partial charge on any atom is -0.473 e. The van der Waals surface area contributed by atoms with Gasteiger partial charge in [-0.3, -0.25) is 9.59 Å². The zero-order valence-corrected chi connectivity index (χ0v) is 16.4. The zero-order valence-electron chi connectivity index (χ0n) is 16.4. The number of carboxylic acid groups (broad SMARTS) is 2. The van der Waals surface area contributed by atoms with Crippen molar-refractivity contribution in [3.8, 4) is 0 Å². The number of aliphatic carboxylic acids is 2. The van der Waals surface area contributed by atoms with Crippen LogP contribution in [0.3, 0.4) is 0 Å². The second-order valence-electron chi connectivity index (χ2n) is 6.43. The van der Waals surface area contributed by atoms with E-state index in [1.165, 1.54) is 6.07 Å². The lowest BCUT2D eigenvalue weighted by molar-refractivity contribution is -0.159. The Balaban J connectivity index is 0.000000656. The van der Waals surface area contributed by atoms with E-state index >= 15 is 0 Å². The van der Waals surface area contributed by atoms with Crippen LogP contribution in [-0.4, -0.2) is 65.2 Å². The molecule has 0 saturated carbocycles. The van der Waals surface area contributed by atoms with E-state index < -0.39 is 23.6 Å². The normalized spacial score (nSPS) is 16.0. The number of carbonyl (C=O) groups is 4. The molecule has 30 heavy (non-hydrogen) atoms. The molecule has 1 aromatic carbocycles. The van der Waals surface area contributed by atoms with Crippen LogP contribution in [0.25, 0.3) is 0 Å². The molecule has 1 amide bonds. The number of carbonyl (C=O) groups excluding carboxylic acids is 2. The number of benzene rings is 1. The lowest BCUT2D eigenvalue weighted by Gasteiger charge is -2.31. The second kappa shape index (κ2) is 12.5. The lowest BCUT2D eigenvalue weighted by Crippen LogP contribution is -2.40. The fourth-order valence-electron chi connectivity index (χ4n) is 2.77. The Morgan fingerprint density at radius 2 is 1.83 bits per heavy atom. The summed E-state index contributed by atoms with van der Waals surface area (Å²) < 4.78 is 31.0. The van der Waals surface area contributed by atoms with Gasteiger partial charge in [-0.1, -0.05) is 0 Å². The van der Waals surface area contributed by atoms with Crippen molar-refractivity contribution in [3.05, 3.63) is 29.8 Å². The van der Waals surface area contributed by atoms with Crippen molar-refractivity contribution >= 4 is 29.5 Å². The number of hydrogen-bond acceptors (Lipinski definition) is 6. The summed E-state index contributed by atoms with van der Waals surface area (Å²) in [5.41, 5.74) is 0.224. The Labute approximate surface area is 171 Å². The summed E-state index contributed by atoms with van der Waals surface area (Å²) in [6, 6.07) is 3.23. The molecule has 9 nitrogen and oxygen atoms in total. The molecule has 0 aromatic heterocycles. The van der Waals surface area contributed by atoms with E-state index in [4.69, 9.17) is 24.5 Å². The molecule has 1 fully saturated rings. The fraction of sp³-hybridized carbons (Fsp3) is 0.474. The molecule has 3 N–H and O–H groups in total. The summed E-state index contributed by atoms with van der Waals surface area (Å²) in [6.45, 7) is 4.06. The van der Waals surface area contributed by atoms with Crippen molar-refractivity contribution in [2.75, 3.05) is 31.6 Å². The maximum absolute atomic E-state index is 13.1. The number of carboxylic acids is 2. The van der Waals surface area contributed by atoms with Gasteiger partial charge in [0.05, 0.1) is 12.5 Å². The van der Waals surface area contributed by atoms with Crippen molar-refractivity contribution in [1.29, 1.82) is 0 Å². The molecular formula is C19H24F2N2O7. The van der Waals surface area contributed by atoms with Gasteiger partial charge in [-0.25, -0.2) is 18.4 Å². The van der Waals surface area contributed by atoms with Crippen molar-refractivity contribution in [2.45, 2.75) is 26.2 Å². The first kappa shape index (κ1) is 25.0. The second-order valence-corrected chi connectivity index (χ2v) is 6.43. The van der Waals surface area contributed by atoms with Crippen LogP contribution in [0, 0.1) is 17.6 Å². The summed E-state index contributed by atoms with van der Waals surface area (Å²) in [6.07, 6.45) is 1.90. The van der Waals surface area contributed by atoms with Gasteiger partial charge in [0.15, 0.2) is 11.6 Å². The average molecular weight is 430 g/mol. The van der Waals surface area contributed by atoms with E-state index in [1.807, 2.05) is 0 Å². The molecule has 1 unspecified atom stereocenters. The highest BCUT2D eigenvalue weighted by molar-refractivity contribution is 6.27. The molecule has 1 saturated heterocycles. The van der Waals surface area contributed by atoms with Crippen molar-refractivity contribution in [1.82, 2.24) is 4.90 Å². The highest BCUT2D eigenvalue weighted by atomic mass is 19.2. The number of halogens is 2. The Hall–Kier alpha value is -3.08. The molecule has 1 aliphatic rings. The largest absolute Gasteiger partial charge is 0.473 e. The Bertz CT molecular complexity index is 761. The highest BCUT2D eigenvalue weighted by Crippen LogP contribution is 2.18. The van der Waals surface area contributed by atoms with Crippen molar-refractivity contribution in [3.63, 3.8) is 0 Å². The van der Waals surface area contributed by atoms with Gasteiger partial charge in [-0.15, -0.1) is 0 Å². The standard InChI is InChI=1S/C17H22F2N2O3.C2H2O4/c1-2-24-17(23)12-4-3-8-21(11-12)9-7-16(22)20-13-5-6-14(18)15(19)10-13;3-1(4)2(5)6/h5-6,10,12H,2-4,7-9,11H2,1H3,(H,20,22);(H,3,4)(H,5,6). The number of likely N-dealkylation sites (tertiary alicyclic amines) is 1. The van der Waals surface area contributed by atoms with E-state index in [0.29, 0.717) is 19.7 Å². The first-order valence-electron chi connectivity index (χ1n) is 9.24. The molecule has 1 aromatic rings. The average Bonchev–Trinajstić information content (AvgIpc) is 2.70. The quantitative estimate of drug-likeness (QED) is 0.459. The van der Waals surface area contributed by atoms with E-state index in [0.717, 1.165) is 31.5 Å². The molecule has 1 atom stereocenters. The van der Waals surface area contributed by atoms with Gasteiger partial charge in [0.1, 0.15) is 0 Å². The molecule has 1 aliphatic heterocycles.